The molecule has 13 heteroatoms. The van der Waals surface area contributed by atoms with E-state index in [1.165, 1.54) is 41.8 Å². The van der Waals surface area contributed by atoms with Gasteiger partial charge in [-0.15, -0.1) is 0 Å². The van der Waals surface area contributed by atoms with E-state index in [0.29, 0.717) is 28.5 Å². The van der Waals surface area contributed by atoms with Gasteiger partial charge < -0.3 is 15.4 Å². The number of anilines is 1. The largest absolute Gasteiger partial charge is 0.445 e. The number of hydrogen-bond acceptors (Lipinski definition) is 8. The molecular formula is C31H31FN4O6S2. The zero-order valence-electron chi connectivity index (χ0n) is 23.8. The number of benzene rings is 3. The van der Waals surface area contributed by atoms with E-state index >= 15 is 0 Å². The van der Waals surface area contributed by atoms with Crippen LogP contribution in [0.2, 0.25) is 0 Å². The van der Waals surface area contributed by atoms with E-state index in [2.05, 4.69) is 15.6 Å². The van der Waals surface area contributed by atoms with Gasteiger partial charge in [-0.2, -0.15) is 0 Å². The Morgan fingerprint density at radius 1 is 1.09 bits per heavy atom. The number of amides is 3. The highest BCUT2D eigenvalue weighted by molar-refractivity contribution is 8.15. The predicted octanol–water partition coefficient (Wildman–Crippen LogP) is 4.82. The lowest BCUT2D eigenvalue weighted by Crippen LogP contribution is -2.41. The number of ether oxygens (including phenoxy) is 1. The molecule has 2 aliphatic heterocycles. The molecule has 2 unspecified atom stereocenters. The molecule has 230 valence electrons. The minimum atomic E-state index is -3.14. The molecule has 2 fully saturated rings. The minimum absolute atomic E-state index is 0.00574. The zero-order chi connectivity index (χ0) is 31.3. The van der Waals surface area contributed by atoms with Gasteiger partial charge in [0, 0.05) is 12.2 Å². The zero-order valence-corrected chi connectivity index (χ0v) is 25.4. The monoisotopic (exact) mass is 638 g/mol. The average molecular weight is 639 g/mol. The molecule has 3 atom stereocenters. The Labute approximate surface area is 259 Å². The van der Waals surface area contributed by atoms with Crippen molar-refractivity contribution in [3.63, 3.8) is 0 Å². The van der Waals surface area contributed by atoms with Crippen LogP contribution in [0.15, 0.2) is 83.9 Å². The number of carbonyl (C=O) groups excluding carboxylic acids is 3. The molecule has 3 aromatic rings. The average Bonchev–Trinajstić information content (AvgIpc) is 3.50. The fraction of sp³-hybridized carbons (Fsp3) is 0.290. The van der Waals surface area contributed by atoms with Crippen molar-refractivity contribution < 1.29 is 31.9 Å². The lowest BCUT2D eigenvalue weighted by atomic mass is 10.1. The van der Waals surface area contributed by atoms with Crippen LogP contribution < -0.4 is 10.6 Å². The number of halogens is 1. The molecule has 2 heterocycles. The molecule has 3 aromatic carbocycles. The third-order valence-corrected chi connectivity index (χ3v) is 10.2. The topological polar surface area (TPSA) is 134 Å². The number of carbonyl (C=O) groups is 3. The van der Waals surface area contributed by atoms with Crippen molar-refractivity contribution in [3.8, 4) is 0 Å². The maximum atomic E-state index is 13.8. The van der Waals surface area contributed by atoms with Crippen molar-refractivity contribution >= 4 is 56.0 Å². The first-order valence-corrected chi connectivity index (χ1v) is 16.7. The SMILES string of the molecule is C[C@H](NC(=O)OCc1ccccc1)C(=O)Nc1ccc(C2S/C(=N\c3cccc(F)c3)N(CC3CCS(=O)(=O)C3)C2=O)cc1. The Kier molecular flexibility index (Phi) is 9.64. The van der Waals surface area contributed by atoms with Crippen molar-refractivity contribution in [2.75, 3.05) is 23.4 Å². The smallest absolute Gasteiger partial charge is 0.408 e. The molecule has 0 spiro atoms. The van der Waals surface area contributed by atoms with Crippen molar-refractivity contribution in [2.24, 2.45) is 10.9 Å². The minimum Gasteiger partial charge on any atom is -0.445 e. The maximum absolute atomic E-state index is 13.8. The molecule has 3 amide bonds. The summed E-state index contributed by atoms with van der Waals surface area (Å²) in [5.74, 6) is -1.29. The van der Waals surface area contributed by atoms with Gasteiger partial charge in [0.2, 0.25) is 11.8 Å². The highest BCUT2D eigenvalue weighted by Crippen LogP contribution is 2.41. The molecule has 2 saturated heterocycles. The Hall–Kier alpha value is -4.23. The molecule has 5 rings (SSSR count). The third kappa shape index (κ3) is 8.03. The van der Waals surface area contributed by atoms with Crippen LogP contribution in [0.4, 0.5) is 20.6 Å². The quantitative estimate of drug-likeness (QED) is 0.343. The van der Waals surface area contributed by atoms with Crippen LogP contribution in [-0.4, -0.2) is 60.5 Å². The first-order chi connectivity index (χ1) is 21.1. The van der Waals surface area contributed by atoms with E-state index in [-0.39, 0.29) is 36.5 Å². The van der Waals surface area contributed by atoms with E-state index < -0.39 is 38.9 Å². The predicted molar refractivity (Wildman–Crippen MR) is 167 cm³/mol. The first-order valence-electron chi connectivity index (χ1n) is 14.0. The van der Waals surface area contributed by atoms with Gasteiger partial charge >= 0.3 is 6.09 Å². The van der Waals surface area contributed by atoms with E-state index in [0.717, 1.165) is 5.56 Å². The Morgan fingerprint density at radius 2 is 1.84 bits per heavy atom. The molecule has 2 N–H and O–H groups in total. The number of aliphatic imine (C=N–C) groups is 1. The molecule has 2 aliphatic rings. The molecule has 0 aromatic heterocycles. The van der Waals surface area contributed by atoms with Gasteiger partial charge in [-0.3, -0.25) is 14.5 Å². The van der Waals surface area contributed by atoms with Crippen LogP contribution in [0.3, 0.4) is 0 Å². The molecule has 44 heavy (non-hydrogen) atoms. The number of sulfone groups is 1. The Balaban J connectivity index is 1.23. The Morgan fingerprint density at radius 3 is 2.52 bits per heavy atom. The summed E-state index contributed by atoms with van der Waals surface area (Å²) in [5, 5.41) is 4.94. The number of nitrogens with one attached hydrogen (secondary N) is 2. The van der Waals surface area contributed by atoms with E-state index in [1.54, 1.807) is 30.3 Å². The lowest BCUT2D eigenvalue weighted by molar-refractivity contribution is -0.126. The molecule has 0 aliphatic carbocycles. The van der Waals surface area contributed by atoms with Crippen molar-refractivity contribution in [1.29, 1.82) is 0 Å². The van der Waals surface area contributed by atoms with E-state index in [9.17, 15) is 27.2 Å². The summed E-state index contributed by atoms with van der Waals surface area (Å²) in [4.78, 5) is 44.4. The standard InChI is InChI=1S/C31H31FN4O6S2/c1-20(33-31(39)42-18-21-6-3-2-4-7-21)28(37)34-25-12-10-23(11-13-25)27-29(38)36(17-22-14-15-44(40,41)19-22)30(43-27)35-26-9-5-8-24(32)16-26/h2-13,16,20,22,27H,14-15,17-19H2,1H3,(H,33,39)(H,34,37)/b35-30-/t20-,22?,27?/m0/s1. The van der Waals surface area contributed by atoms with Gasteiger partial charge in [0.1, 0.15) is 23.7 Å². The number of hydrogen-bond donors (Lipinski definition) is 2. The van der Waals surface area contributed by atoms with Gasteiger partial charge in [-0.1, -0.05) is 60.3 Å². The van der Waals surface area contributed by atoms with Crippen LogP contribution in [0.25, 0.3) is 0 Å². The molecular weight excluding hydrogens is 607 g/mol. The number of amidine groups is 1. The Bertz CT molecular complexity index is 1670. The molecule has 0 bridgehead atoms. The summed E-state index contributed by atoms with van der Waals surface area (Å²) in [6.45, 7) is 1.81. The summed E-state index contributed by atoms with van der Waals surface area (Å²) in [6, 6.07) is 20.7. The van der Waals surface area contributed by atoms with Gasteiger partial charge in [0.05, 0.1) is 17.2 Å². The highest BCUT2D eigenvalue weighted by Gasteiger charge is 2.41. The van der Waals surface area contributed by atoms with Gasteiger partial charge in [0.15, 0.2) is 15.0 Å². The molecule has 0 saturated carbocycles. The van der Waals surface area contributed by atoms with Crippen LogP contribution in [-0.2, 0) is 30.8 Å². The lowest BCUT2D eigenvalue weighted by Gasteiger charge is -2.20. The summed E-state index contributed by atoms with van der Waals surface area (Å²) in [7, 11) is -3.14. The third-order valence-electron chi connectivity index (χ3n) is 7.17. The van der Waals surface area contributed by atoms with Gasteiger partial charge in [0.25, 0.3) is 0 Å². The van der Waals surface area contributed by atoms with E-state index in [1.807, 2.05) is 30.3 Å². The first kappa shape index (κ1) is 31.2. The summed E-state index contributed by atoms with van der Waals surface area (Å²) in [6.07, 6.45) is -0.264. The van der Waals surface area contributed by atoms with Crippen molar-refractivity contribution in [3.05, 3.63) is 95.8 Å². The second-order valence-electron chi connectivity index (χ2n) is 10.6. The maximum Gasteiger partial charge on any atom is 0.408 e. The number of thioether (sulfide) groups is 1. The summed E-state index contributed by atoms with van der Waals surface area (Å²) in [5.41, 5.74) is 2.28. The number of alkyl carbamates (subject to hydrolysis) is 1. The van der Waals surface area contributed by atoms with Gasteiger partial charge in [-0.05, 0) is 60.7 Å². The normalized spacial score (nSPS) is 20.8. The second kappa shape index (κ2) is 13.6. The van der Waals surface area contributed by atoms with Crippen LogP contribution in [0.1, 0.15) is 29.7 Å². The fourth-order valence-electron chi connectivity index (χ4n) is 4.85. The number of rotatable bonds is 9. The molecule has 0 radical (unpaired) electrons. The van der Waals surface area contributed by atoms with Crippen LogP contribution in [0, 0.1) is 11.7 Å². The summed E-state index contributed by atoms with van der Waals surface area (Å²) >= 11 is 1.20. The van der Waals surface area contributed by atoms with E-state index in [4.69, 9.17) is 4.74 Å². The number of nitrogens with zero attached hydrogens (tertiary/aromatic N) is 2. The van der Waals surface area contributed by atoms with Crippen LogP contribution in [0.5, 0.6) is 0 Å². The van der Waals surface area contributed by atoms with Gasteiger partial charge in [-0.25, -0.2) is 22.6 Å². The fourth-order valence-corrected chi connectivity index (χ4v) is 7.88. The van der Waals surface area contributed by atoms with Crippen molar-refractivity contribution in [2.45, 2.75) is 31.2 Å². The highest BCUT2D eigenvalue weighted by atomic mass is 32.2. The summed E-state index contributed by atoms with van der Waals surface area (Å²) < 4.78 is 43.1. The second-order valence-corrected chi connectivity index (χ2v) is 13.9. The van der Waals surface area contributed by atoms with Crippen molar-refractivity contribution in [1.82, 2.24) is 10.2 Å². The molecule has 10 nitrogen and oxygen atoms in total. The van der Waals surface area contributed by atoms with Crippen LogP contribution >= 0.6 is 11.8 Å².